The lowest BCUT2D eigenvalue weighted by atomic mass is 9.89. The Kier molecular flexibility index (Phi) is 10.5. The normalized spacial score (nSPS) is 20.4. The maximum Gasteiger partial charge on any atom is 0.276 e. The number of methoxy groups -OCH3 is 2. The fraction of sp³-hybridized carbons (Fsp3) is 0.462. The predicted molar refractivity (Wildman–Crippen MR) is 201 cm³/mol. The van der Waals surface area contributed by atoms with E-state index in [-0.39, 0.29) is 29.3 Å². The molecule has 4 aromatic rings. The molecule has 3 aliphatic rings. The number of piperidine rings is 2. The van der Waals surface area contributed by atoms with E-state index < -0.39 is 6.04 Å². The first-order valence-corrected chi connectivity index (χ1v) is 18.3. The molecule has 14 heteroatoms. The van der Waals surface area contributed by atoms with E-state index in [2.05, 4.69) is 49.7 Å². The SMILES string of the molecule is COc1cc(-c2cn(C)c(=O)c3[nH]ncc23)cc(OC)c1CN1CCN(C(=O)CN2CCC(c3ccc(NC4CCC(=O)NC4=O)cc3)CC2)C[C@H]1C. The molecule has 280 valence electrons. The van der Waals surface area contributed by atoms with Crippen molar-refractivity contribution in [2.75, 3.05) is 58.8 Å². The second kappa shape index (κ2) is 15.4. The van der Waals surface area contributed by atoms with Gasteiger partial charge in [0.1, 0.15) is 23.1 Å². The number of likely N-dealkylation sites (tertiary alicyclic amines) is 1. The van der Waals surface area contributed by atoms with E-state index in [1.54, 1.807) is 38.2 Å². The van der Waals surface area contributed by atoms with Gasteiger partial charge in [0.05, 0.1) is 32.5 Å². The highest BCUT2D eigenvalue weighted by molar-refractivity contribution is 6.01. The number of ether oxygens (including phenoxy) is 2. The number of rotatable bonds is 10. The number of imide groups is 1. The van der Waals surface area contributed by atoms with Gasteiger partial charge in [-0.25, -0.2) is 0 Å². The Morgan fingerprint density at radius 3 is 2.36 bits per heavy atom. The van der Waals surface area contributed by atoms with Crippen molar-refractivity contribution >= 4 is 34.3 Å². The van der Waals surface area contributed by atoms with Crippen molar-refractivity contribution in [3.8, 4) is 22.6 Å². The Balaban J connectivity index is 0.920. The fourth-order valence-corrected chi connectivity index (χ4v) is 7.94. The largest absolute Gasteiger partial charge is 0.496 e. The van der Waals surface area contributed by atoms with Crippen molar-refractivity contribution < 1.29 is 23.9 Å². The van der Waals surface area contributed by atoms with Crippen LogP contribution >= 0.6 is 0 Å². The zero-order valence-corrected chi connectivity index (χ0v) is 30.8. The minimum atomic E-state index is -0.398. The molecular weight excluding hydrogens is 676 g/mol. The van der Waals surface area contributed by atoms with E-state index in [4.69, 9.17) is 9.47 Å². The van der Waals surface area contributed by atoms with Gasteiger partial charge in [-0.3, -0.25) is 39.4 Å². The number of aromatic amines is 1. The number of pyridine rings is 1. The maximum absolute atomic E-state index is 13.5. The lowest BCUT2D eigenvalue weighted by Gasteiger charge is -2.41. The molecule has 2 aromatic heterocycles. The summed E-state index contributed by atoms with van der Waals surface area (Å²) in [6.07, 6.45) is 6.27. The number of carbonyl (C=O) groups excluding carboxylic acids is 3. The second-order valence-electron chi connectivity index (χ2n) is 14.5. The van der Waals surface area contributed by atoms with Gasteiger partial charge in [-0.2, -0.15) is 5.10 Å². The van der Waals surface area contributed by atoms with Crippen LogP contribution in [0.4, 0.5) is 5.69 Å². The summed E-state index contributed by atoms with van der Waals surface area (Å²) in [6.45, 7) is 6.94. The zero-order valence-electron chi connectivity index (χ0n) is 30.8. The smallest absolute Gasteiger partial charge is 0.276 e. The molecule has 3 saturated heterocycles. The number of amides is 3. The lowest BCUT2D eigenvalue weighted by Crippen LogP contribution is -2.55. The minimum absolute atomic E-state index is 0.133. The van der Waals surface area contributed by atoms with Crippen LogP contribution in [0.1, 0.15) is 49.7 Å². The average Bonchev–Trinajstić information content (AvgIpc) is 3.66. The summed E-state index contributed by atoms with van der Waals surface area (Å²) in [5.41, 5.74) is 5.07. The minimum Gasteiger partial charge on any atom is -0.496 e. The van der Waals surface area contributed by atoms with Crippen LogP contribution in [0.15, 0.2) is 53.6 Å². The number of benzene rings is 2. The molecule has 0 radical (unpaired) electrons. The number of nitrogens with zero attached hydrogens (tertiary/aromatic N) is 5. The number of aromatic nitrogens is 3. The van der Waals surface area contributed by atoms with Crippen LogP contribution < -0.4 is 25.7 Å². The molecule has 7 rings (SSSR count). The van der Waals surface area contributed by atoms with Gasteiger partial charge in [-0.15, -0.1) is 0 Å². The van der Waals surface area contributed by atoms with Gasteiger partial charge < -0.3 is 24.3 Å². The third-order valence-electron chi connectivity index (χ3n) is 11.1. The van der Waals surface area contributed by atoms with Crippen molar-refractivity contribution in [1.82, 2.24) is 34.8 Å². The molecule has 3 N–H and O–H groups in total. The standard InChI is InChI=1S/C39H48N8O6/c1-24-20-47(36(49)23-45-13-11-26(12-14-45)25-5-7-28(8-6-25)41-32-9-10-35(48)42-38(32)50)16-15-46(24)22-31-33(52-3)17-27(18-34(31)53-4)30-21-44(2)39(51)37-29(30)19-40-43-37/h5-8,17-19,21,24,26,32,41H,9-16,20,22-23H2,1-4H3,(H,40,43)(H,42,48,50)/t24-,32?/m1/s1. The first-order chi connectivity index (χ1) is 25.6. The molecule has 2 aromatic carbocycles. The number of H-pyrrole nitrogens is 1. The summed E-state index contributed by atoms with van der Waals surface area (Å²) in [5, 5.41) is 13.3. The highest BCUT2D eigenvalue weighted by Crippen LogP contribution is 2.38. The van der Waals surface area contributed by atoms with E-state index in [1.807, 2.05) is 29.2 Å². The molecule has 3 aliphatic heterocycles. The number of hydrogen-bond acceptors (Lipinski definition) is 10. The van der Waals surface area contributed by atoms with Crippen LogP contribution in [0, 0.1) is 0 Å². The van der Waals surface area contributed by atoms with E-state index in [1.165, 1.54) is 5.56 Å². The zero-order chi connectivity index (χ0) is 37.2. The quantitative estimate of drug-likeness (QED) is 0.208. The molecule has 0 saturated carbocycles. The molecule has 0 bridgehead atoms. The van der Waals surface area contributed by atoms with Crippen LogP contribution in [0.5, 0.6) is 11.5 Å². The van der Waals surface area contributed by atoms with E-state index >= 15 is 0 Å². The molecule has 0 spiro atoms. The molecule has 0 aliphatic carbocycles. The van der Waals surface area contributed by atoms with E-state index in [0.29, 0.717) is 62.0 Å². The molecule has 3 fully saturated rings. The first-order valence-electron chi connectivity index (χ1n) is 18.3. The van der Waals surface area contributed by atoms with Crippen LogP contribution in [0.2, 0.25) is 0 Å². The lowest BCUT2D eigenvalue weighted by molar-refractivity contribution is -0.136. The van der Waals surface area contributed by atoms with Crippen LogP contribution in [-0.2, 0) is 28.0 Å². The Morgan fingerprint density at radius 2 is 1.70 bits per heavy atom. The second-order valence-corrected chi connectivity index (χ2v) is 14.5. The molecule has 14 nitrogen and oxygen atoms in total. The van der Waals surface area contributed by atoms with Gasteiger partial charge in [0.25, 0.3) is 5.56 Å². The van der Waals surface area contributed by atoms with Crippen molar-refractivity contribution in [2.24, 2.45) is 7.05 Å². The van der Waals surface area contributed by atoms with Crippen LogP contribution in [0.3, 0.4) is 0 Å². The molecule has 3 amide bonds. The predicted octanol–water partition coefficient (Wildman–Crippen LogP) is 3.08. The number of piperazine rings is 1. The first kappa shape index (κ1) is 36.2. The summed E-state index contributed by atoms with van der Waals surface area (Å²) in [6, 6.07) is 11.9. The number of hydrogen-bond donors (Lipinski definition) is 3. The Hall–Kier alpha value is -5.21. The molecule has 5 heterocycles. The highest BCUT2D eigenvalue weighted by Gasteiger charge is 2.31. The Morgan fingerprint density at radius 1 is 0.981 bits per heavy atom. The van der Waals surface area contributed by atoms with Gasteiger partial charge in [-0.05, 0) is 80.6 Å². The van der Waals surface area contributed by atoms with E-state index in [0.717, 1.165) is 60.2 Å². The monoisotopic (exact) mass is 724 g/mol. The molecule has 1 unspecified atom stereocenters. The van der Waals surface area contributed by atoms with Crippen molar-refractivity contribution in [3.05, 3.63) is 70.3 Å². The van der Waals surface area contributed by atoms with E-state index in [9.17, 15) is 19.2 Å². The van der Waals surface area contributed by atoms with Gasteiger partial charge in [0.2, 0.25) is 17.7 Å². The average molecular weight is 725 g/mol. The van der Waals surface area contributed by atoms with Crippen LogP contribution in [-0.4, -0.2) is 113 Å². The number of anilines is 1. The van der Waals surface area contributed by atoms with Crippen molar-refractivity contribution in [1.29, 1.82) is 0 Å². The summed E-state index contributed by atoms with van der Waals surface area (Å²) in [7, 11) is 5.02. The number of aryl methyl sites for hydroxylation is 1. The fourth-order valence-electron chi connectivity index (χ4n) is 7.94. The summed E-state index contributed by atoms with van der Waals surface area (Å²) in [4.78, 5) is 56.3. The summed E-state index contributed by atoms with van der Waals surface area (Å²) in [5.74, 6) is 1.48. The number of carbonyl (C=O) groups is 3. The van der Waals surface area contributed by atoms with Gasteiger partial charge in [0, 0.05) is 68.5 Å². The van der Waals surface area contributed by atoms with Crippen molar-refractivity contribution in [3.63, 3.8) is 0 Å². The highest BCUT2D eigenvalue weighted by atomic mass is 16.5. The maximum atomic E-state index is 13.5. The number of nitrogens with one attached hydrogen (secondary N) is 3. The summed E-state index contributed by atoms with van der Waals surface area (Å²) >= 11 is 0. The van der Waals surface area contributed by atoms with Gasteiger partial charge in [-0.1, -0.05) is 12.1 Å². The van der Waals surface area contributed by atoms with Gasteiger partial charge in [0.15, 0.2) is 0 Å². The summed E-state index contributed by atoms with van der Waals surface area (Å²) < 4.78 is 13.3. The van der Waals surface area contributed by atoms with Crippen molar-refractivity contribution in [2.45, 2.75) is 57.2 Å². The molecule has 53 heavy (non-hydrogen) atoms. The topological polar surface area (TPSA) is 154 Å². The Bertz CT molecular complexity index is 2030. The Labute approximate surface area is 308 Å². The molecule has 2 atom stereocenters. The van der Waals surface area contributed by atoms with Gasteiger partial charge >= 0.3 is 0 Å². The third-order valence-corrected chi connectivity index (χ3v) is 11.1. The van der Waals surface area contributed by atoms with Crippen LogP contribution in [0.25, 0.3) is 22.0 Å². The molecular formula is C39H48N8O6. The number of fused-ring (bicyclic) bond motifs is 1. The third kappa shape index (κ3) is 7.65.